The molecular formula is C17H20N2O4. The third-order valence-electron chi connectivity index (χ3n) is 4.39. The number of nitrogens with one attached hydrogen (secondary N) is 1. The van der Waals surface area contributed by atoms with Crippen LogP contribution in [0.1, 0.15) is 18.9 Å². The predicted molar refractivity (Wildman–Crippen MR) is 82.7 cm³/mol. The minimum Gasteiger partial charge on any atom is -0.389 e. The third-order valence-corrected chi connectivity index (χ3v) is 4.39. The van der Waals surface area contributed by atoms with Crippen molar-refractivity contribution in [3.05, 3.63) is 59.1 Å². The highest BCUT2D eigenvalue weighted by Crippen LogP contribution is 2.41. The molecule has 2 bridgehead atoms. The fourth-order valence-corrected chi connectivity index (χ4v) is 3.29. The Morgan fingerprint density at radius 3 is 2.83 bits per heavy atom. The lowest BCUT2D eigenvalue weighted by Crippen LogP contribution is -2.68. The molecule has 5 atom stereocenters. The van der Waals surface area contributed by atoms with E-state index in [4.69, 9.17) is 16.1 Å². The van der Waals surface area contributed by atoms with Crippen molar-refractivity contribution < 1.29 is 19.8 Å². The lowest BCUT2D eigenvalue weighted by Gasteiger charge is -2.50. The first-order valence-electron chi connectivity index (χ1n) is 7.61. The molecule has 0 spiro atoms. The Labute approximate surface area is 135 Å². The smallest absolute Gasteiger partial charge is 0.189 e. The molecule has 3 rings (SSSR count). The summed E-state index contributed by atoms with van der Waals surface area (Å²) in [6, 6.07) is 9.62. The molecule has 3 N–H and O–H groups in total. The standard InChI is InChI=1S/C17H20N2O4/c1-11-9-17(19-22-10-12-6-4-3-5-7-12)14(18-2)8-13(20)15(23-11)16(17)21/h3-8,11,13,15-16,19-21H,9-10H2,1H3/t11-,13?,15+,16?,17?/m0/s1. The van der Waals surface area contributed by atoms with Crippen LogP contribution in [-0.2, 0) is 16.2 Å². The molecule has 122 valence electrons. The van der Waals surface area contributed by atoms with Gasteiger partial charge in [-0.3, -0.25) is 4.84 Å². The average molecular weight is 316 g/mol. The van der Waals surface area contributed by atoms with Gasteiger partial charge in [0.1, 0.15) is 11.6 Å². The number of aliphatic hydroxyl groups is 2. The normalized spacial score (nSPS) is 36.2. The third kappa shape index (κ3) is 2.90. The first-order chi connectivity index (χ1) is 11.1. The molecule has 6 nitrogen and oxygen atoms in total. The van der Waals surface area contributed by atoms with E-state index in [1.807, 2.05) is 37.3 Å². The molecule has 0 aromatic heterocycles. The Morgan fingerprint density at radius 1 is 1.39 bits per heavy atom. The molecule has 0 saturated carbocycles. The number of fused-ring (bicyclic) bond motifs is 2. The van der Waals surface area contributed by atoms with Crippen LogP contribution in [0.4, 0.5) is 0 Å². The Hall–Kier alpha value is -1.75. The number of hydroxylamine groups is 1. The van der Waals surface area contributed by atoms with Gasteiger partial charge in [-0.05, 0) is 18.9 Å². The first-order valence-corrected chi connectivity index (χ1v) is 7.61. The fraction of sp³-hybridized carbons (Fsp3) is 0.471. The fourth-order valence-electron chi connectivity index (χ4n) is 3.29. The van der Waals surface area contributed by atoms with Crippen LogP contribution in [0.3, 0.4) is 0 Å². The molecule has 1 saturated heterocycles. The number of nitrogens with zero attached hydrogens (tertiary/aromatic N) is 1. The zero-order valence-electron chi connectivity index (χ0n) is 12.8. The van der Waals surface area contributed by atoms with Crippen molar-refractivity contribution >= 4 is 0 Å². The van der Waals surface area contributed by atoms with Gasteiger partial charge in [0.05, 0.1) is 31.5 Å². The molecule has 6 heteroatoms. The van der Waals surface area contributed by atoms with Crippen LogP contribution < -0.4 is 5.48 Å². The molecule has 0 radical (unpaired) electrons. The summed E-state index contributed by atoms with van der Waals surface area (Å²) in [4.78, 5) is 9.08. The number of ether oxygens (including phenoxy) is 1. The monoisotopic (exact) mass is 316 g/mol. The van der Waals surface area contributed by atoms with Crippen LogP contribution in [0, 0.1) is 6.57 Å². The van der Waals surface area contributed by atoms with Crippen LogP contribution in [0.5, 0.6) is 0 Å². The molecule has 1 aromatic carbocycles. The van der Waals surface area contributed by atoms with E-state index >= 15 is 0 Å². The number of rotatable bonds is 4. The van der Waals surface area contributed by atoms with Crippen LogP contribution in [0.2, 0.25) is 0 Å². The summed E-state index contributed by atoms with van der Waals surface area (Å²) in [7, 11) is 0. The van der Waals surface area contributed by atoms with E-state index in [0.717, 1.165) is 5.56 Å². The van der Waals surface area contributed by atoms with Gasteiger partial charge in [-0.15, -0.1) is 0 Å². The van der Waals surface area contributed by atoms with E-state index in [-0.39, 0.29) is 11.8 Å². The van der Waals surface area contributed by atoms with E-state index in [1.54, 1.807) is 0 Å². The molecule has 1 aliphatic heterocycles. The van der Waals surface area contributed by atoms with Crippen LogP contribution in [-0.4, -0.2) is 40.2 Å². The number of benzene rings is 1. The lowest BCUT2D eigenvalue weighted by molar-refractivity contribution is -0.206. The molecule has 1 fully saturated rings. The van der Waals surface area contributed by atoms with E-state index in [0.29, 0.717) is 13.0 Å². The van der Waals surface area contributed by atoms with Crippen molar-refractivity contribution in [2.45, 2.75) is 49.9 Å². The van der Waals surface area contributed by atoms with Gasteiger partial charge in [0.25, 0.3) is 0 Å². The highest BCUT2D eigenvalue weighted by Gasteiger charge is 2.56. The molecule has 1 heterocycles. The second-order valence-electron chi connectivity index (χ2n) is 6.06. The van der Waals surface area contributed by atoms with Gasteiger partial charge >= 0.3 is 0 Å². The predicted octanol–water partition coefficient (Wildman–Crippen LogP) is 1.16. The van der Waals surface area contributed by atoms with Gasteiger partial charge in [0.2, 0.25) is 0 Å². The van der Waals surface area contributed by atoms with Gasteiger partial charge in [0, 0.05) is 0 Å². The molecular weight excluding hydrogens is 296 g/mol. The minimum absolute atomic E-state index is 0.212. The molecule has 1 aromatic rings. The Balaban J connectivity index is 1.81. The minimum atomic E-state index is -1.06. The molecule has 0 amide bonds. The zero-order chi connectivity index (χ0) is 16.4. The summed E-state index contributed by atoms with van der Waals surface area (Å²) >= 11 is 0. The number of hydrogen-bond acceptors (Lipinski definition) is 5. The van der Waals surface area contributed by atoms with Gasteiger partial charge in [0.15, 0.2) is 5.70 Å². The summed E-state index contributed by atoms with van der Waals surface area (Å²) in [5.41, 5.74) is 3.08. The van der Waals surface area contributed by atoms with E-state index in [2.05, 4.69) is 10.3 Å². The maximum Gasteiger partial charge on any atom is 0.189 e. The SMILES string of the molecule is [C-]#[N+]C1=CC(O)[C@H]2O[C@@H](C)CC1(NOCc1ccccc1)C2O. The van der Waals surface area contributed by atoms with Gasteiger partial charge in [-0.25, -0.2) is 4.85 Å². The van der Waals surface area contributed by atoms with Gasteiger partial charge < -0.3 is 14.9 Å². The van der Waals surface area contributed by atoms with Crippen molar-refractivity contribution in [2.24, 2.45) is 0 Å². The van der Waals surface area contributed by atoms with Gasteiger partial charge in [-0.2, -0.15) is 5.48 Å². The van der Waals surface area contributed by atoms with Crippen LogP contribution in [0.25, 0.3) is 4.85 Å². The van der Waals surface area contributed by atoms with E-state index < -0.39 is 23.9 Å². The van der Waals surface area contributed by atoms with Crippen molar-refractivity contribution in [3.63, 3.8) is 0 Å². The summed E-state index contributed by atoms with van der Waals surface area (Å²) in [6.07, 6.45) is -1.21. The van der Waals surface area contributed by atoms with Crippen LogP contribution >= 0.6 is 0 Å². The van der Waals surface area contributed by atoms with E-state index in [1.165, 1.54) is 6.08 Å². The first kappa shape index (κ1) is 16.1. The largest absolute Gasteiger partial charge is 0.389 e. The summed E-state index contributed by atoms with van der Waals surface area (Å²) < 4.78 is 5.62. The maximum absolute atomic E-state index is 10.6. The topological polar surface area (TPSA) is 75.3 Å². The molecule has 23 heavy (non-hydrogen) atoms. The summed E-state index contributed by atoms with van der Waals surface area (Å²) in [5, 5.41) is 20.7. The maximum atomic E-state index is 10.6. The average Bonchev–Trinajstić information content (AvgIpc) is 2.54. The number of hydrogen-bond donors (Lipinski definition) is 3. The molecule has 2 aliphatic rings. The second kappa shape index (κ2) is 6.40. The molecule has 3 unspecified atom stereocenters. The Morgan fingerprint density at radius 2 is 2.13 bits per heavy atom. The molecule has 1 aliphatic carbocycles. The van der Waals surface area contributed by atoms with Crippen LogP contribution in [0.15, 0.2) is 42.1 Å². The quantitative estimate of drug-likeness (QED) is 0.574. The van der Waals surface area contributed by atoms with Crippen molar-refractivity contribution in [3.8, 4) is 0 Å². The highest BCUT2D eigenvalue weighted by atomic mass is 16.6. The summed E-state index contributed by atoms with van der Waals surface area (Å²) in [5.74, 6) is 0. The van der Waals surface area contributed by atoms with E-state index in [9.17, 15) is 10.2 Å². The van der Waals surface area contributed by atoms with Crippen molar-refractivity contribution in [1.82, 2.24) is 5.48 Å². The lowest BCUT2D eigenvalue weighted by atomic mass is 9.73. The number of aliphatic hydroxyl groups excluding tert-OH is 2. The second-order valence-corrected chi connectivity index (χ2v) is 6.06. The summed E-state index contributed by atoms with van der Waals surface area (Å²) in [6.45, 7) is 9.55. The Kier molecular flexibility index (Phi) is 4.48. The van der Waals surface area contributed by atoms with Crippen molar-refractivity contribution in [1.29, 1.82) is 0 Å². The van der Waals surface area contributed by atoms with Crippen molar-refractivity contribution in [2.75, 3.05) is 0 Å². The zero-order valence-corrected chi connectivity index (χ0v) is 12.8. The highest BCUT2D eigenvalue weighted by molar-refractivity contribution is 5.35. The van der Waals surface area contributed by atoms with Gasteiger partial charge in [-0.1, -0.05) is 36.4 Å². The Bertz CT molecular complexity index is 627.